The van der Waals surface area contributed by atoms with Crippen molar-refractivity contribution in [2.24, 2.45) is 0 Å². The van der Waals surface area contributed by atoms with Crippen molar-refractivity contribution in [1.29, 1.82) is 0 Å². The second-order valence-electron chi connectivity index (χ2n) is 7.30. The van der Waals surface area contributed by atoms with Gasteiger partial charge < -0.3 is 15.2 Å². The normalized spacial score (nSPS) is 16.3. The van der Waals surface area contributed by atoms with Crippen molar-refractivity contribution in [2.45, 2.75) is 20.3 Å². The van der Waals surface area contributed by atoms with Crippen molar-refractivity contribution in [1.82, 2.24) is 30.2 Å². The van der Waals surface area contributed by atoms with Gasteiger partial charge in [0.15, 0.2) is 5.82 Å². The fourth-order valence-electron chi connectivity index (χ4n) is 3.56. The molecule has 0 aromatic carbocycles. The Hall–Kier alpha value is -3.46. The van der Waals surface area contributed by atoms with Crippen LogP contribution in [0.2, 0.25) is 0 Å². The number of nitrogens with one attached hydrogen (secondary N) is 3. The second-order valence-corrected chi connectivity index (χ2v) is 7.30. The zero-order chi connectivity index (χ0) is 24.1. The number of amides is 2. The largest absolute Gasteiger partial charge is 0.368 e. The molecule has 1 aliphatic rings. The number of aromatic amines is 1. The van der Waals surface area contributed by atoms with Crippen LogP contribution in [-0.2, 0) is 6.54 Å². The highest BCUT2D eigenvalue weighted by molar-refractivity contribution is 5.88. The van der Waals surface area contributed by atoms with Crippen LogP contribution in [0.25, 0.3) is 11.5 Å². The fraction of sp³-hybridized carbons (Fsp3) is 0.364. The molecule has 0 atom stereocenters. The highest BCUT2D eigenvalue weighted by Crippen LogP contribution is 2.23. The van der Waals surface area contributed by atoms with Gasteiger partial charge in [-0.25, -0.2) is 19.7 Å². The average molecular weight is 424 g/mol. The Kier molecular flexibility index (Phi) is 5.32. The summed E-state index contributed by atoms with van der Waals surface area (Å²) >= 11 is 0. The number of piperazine rings is 1. The number of hydrogen-bond acceptors (Lipinski definition) is 6. The maximum atomic E-state index is 11.6. The molecular formula is C22H28N8O. The number of pyridine rings is 2. The molecule has 0 bridgehead atoms. The van der Waals surface area contributed by atoms with Crippen molar-refractivity contribution in [3.63, 3.8) is 0 Å². The van der Waals surface area contributed by atoms with Crippen LogP contribution < -0.4 is 15.5 Å². The lowest BCUT2D eigenvalue weighted by Gasteiger charge is -2.36. The minimum Gasteiger partial charge on any atom is -0.368 e. The van der Waals surface area contributed by atoms with Gasteiger partial charge in [-0.2, -0.15) is 0 Å². The minimum atomic E-state index is -2.33. The molecule has 0 spiro atoms. The third kappa shape index (κ3) is 5.18. The van der Waals surface area contributed by atoms with Crippen molar-refractivity contribution in [3.8, 4) is 11.5 Å². The first-order chi connectivity index (χ1) is 16.3. The number of H-pyrrole nitrogens is 1. The standard InChI is InChI=1S/C22H28N8O/c1-3-23-22(31)28-20-7-4-17(14-26-20)15-29-10-12-30(13-11-29)19-6-5-18(27-16(19)2)21-24-8-9-25-21/h4-9,14H,3,10-13,15H2,1-2H3,(H,24,25)(H2,23,26,28,31)/i2D3. The van der Waals surface area contributed by atoms with Gasteiger partial charge in [0.25, 0.3) is 0 Å². The van der Waals surface area contributed by atoms with Gasteiger partial charge in [-0.05, 0) is 37.5 Å². The van der Waals surface area contributed by atoms with Crippen LogP contribution in [-0.4, -0.2) is 63.6 Å². The van der Waals surface area contributed by atoms with E-state index in [-0.39, 0.29) is 11.7 Å². The molecule has 4 heterocycles. The van der Waals surface area contributed by atoms with E-state index in [4.69, 9.17) is 4.11 Å². The summed E-state index contributed by atoms with van der Waals surface area (Å²) in [5.41, 5.74) is 2.28. The second kappa shape index (κ2) is 9.57. The van der Waals surface area contributed by atoms with E-state index < -0.39 is 6.85 Å². The number of anilines is 2. The number of carbonyl (C=O) groups excluding carboxylic acids is 1. The summed E-state index contributed by atoms with van der Waals surface area (Å²) in [5.74, 6) is 1.05. The molecule has 4 rings (SSSR count). The van der Waals surface area contributed by atoms with Crippen LogP contribution in [0.4, 0.5) is 16.3 Å². The average Bonchev–Trinajstić information content (AvgIpc) is 3.35. The Morgan fingerprint density at radius 2 is 2.06 bits per heavy atom. The lowest BCUT2D eigenvalue weighted by Crippen LogP contribution is -2.46. The molecule has 0 aliphatic carbocycles. The van der Waals surface area contributed by atoms with Gasteiger partial charge in [-0.15, -0.1) is 0 Å². The predicted molar refractivity (Wildman–Crippen MR) is 121 cm³/mol. The molecule has 3 N–H and O–H groups in total. The van der Waals surface area contributed by atoms with Crippen molar-refractivity contribution in [3.05, 3.63) is 54.1 Å². The molecule has 0 saturated carbocycles. The van der Waals surface area contributed by atoms with Gasteiger partial charge in [0.1, 0.15) is 11.5 Å². The van der Waals surface area contributed by atoms with E-state index >= 15 is 0 Å². The lowest BCUT2D eigenvalue weighted by atomic mass is 10.2. The van der Waals surface area contributed by atoms with E-state index in [0.717, 1.165) is 25.2 Å². The predicted octanol–water partition coefficient (Wildman–Crippen LogP) is 2.64. The van der Waals surface area contributed by atoms with Crippen LogP contribution in [0.5, 0.6) is 0 Å². The number of hydrogen-bond donors (Lipinski definition) is 3. The van der Waals surface area contributed by atoms with Gasteiger partial charge in [0.05, 0.1) is 11.4 Å². The minimum absolute atomic E-state index is 0.0919. The fourth-order valence-corrected chi connectivity index (χ4v) is 3.56. The van der Waals surface area contributed by atoms with Gasteiger partial charge in [0.2, 0.25) is 0 Å². The van der Waals surface area contributed by atoms with Crippen LogP contribution in [0.1, 0.15) is 22.3 Å². The van der Waals surface area contributed by atoms with Gasteiger partial charge in [0, 0.05) is 62.0 Å². The third-order valence-corrected chi connectivity index (χ3v) is 5.14. The molecule has 31 heavy (non-hydrogen) atoms. The molecule has 162 valence electrons. The Morgan fingerprint density at radius 1 is 1.19 bits per heavy atom. The Labute approximate surface area is 186 Å². The van der Waals surface area contributed by atoms with Crippen LogP contribution in [0, 0.1) is 6.85 Å². The van der Waals surface area contributed by atoms with E-state index in [2.05, 4.69) is 40.4 Å². The summed E-state index contributed by atoms with van der Waals surface area (Å²) in [6.45, 7) is 3.73. The van der Waals surface area contributed by atoms with Crippen molar-refractivity contribution >= 4 is 17.5 Å². The third-order valence-electron chi connectivity index (χ3n) is 5.14. The molecule has 1 aliphatic heterocycles. The van der Waals surface area contributed by atoms with E-state index in [1.165, 1.54) is 0 Å². The van der Waals surface area contributed by atoms with Crippen molar-refractivity contribution in [2.75, 3.05) is 42.9 Å². The lowest BCUT2D eigenvalue weighted by molar-refractivity contribution is 0.249. The monoisotopic (exact) mass is 423 g/mol. The van der Waals surface area contributed by atoms with Crippen LogP contribution in [0.15, 0.2) is 42.9 Å². The molecule has 2 amide bonds. The molecule has 3 aromatic rings. The summed E-state index contributed by atoms with van der Waals surface area (Å²) in [5, 5.41) is 5.36. The highest BCUT2D eigenvalue weighted by Gasteiger charge is 2.19. The first kappa shape index (κ1) is 17.2. The summed E-state index contributed by atoms with van der Waals surface area (Å²) in [6.07, 6.45) is 5.06. The molecular weight excluding hydrogens is 392 g/mol. The van der Waals surface area contributed by atoms with E-state index in [1.807, 2.05) is 19.1 Å². The molecule has 1 fully saturated rings. The number of urea groups is 1. The van der Waals surface area contributed by atoms with Crippen LogP contribution in [0.3, 0.4) is 0 Å². The number of nitrogens with zero attached hydrogens (tertiary/aromatic N) is 5. The maximum absolute atomic E-state index is 11.6. The number of rotatable bonds is 6. The summed E-state index contributed by atoms with van der Waals surface area (Å²) in [6, 6.07) is 7.09. The quantitative estimate of drug-likeness (QED) is 0.563. The molecule has 3 aromatic heterocycles. The Bertz CT molecular complexity index is 1090. The summed E-state index contributed by atoms with van der Waals surface area (Å²) in [4.78, 5) is 31.9. The van der Waals surface area contributed by atoms with Gasteiger partial charge in [-0.3, -0.25) is 10.2 Å². The number of carbonyl (C=O) groups is 1. The van der Waals surface area contributed by atoms with E-state index in [1.54, 1.807) is 30.7 Å². The SMILES string of the molecule is [2H]C([2H])([2H])c1nc(-c2ncc[nH]2)ccc1N1CCN(Cc2ccc(NC(=O)NCC)nc2)CC1. The smallest absolute Gasteiger partial charge is 0.320 e. The maximum Gasteiger partial charge on any atom is 0.320 e. The molecule has 9 nitrogen and oxygen atoms in total. The Morgan fingerprint density at radius 3 is 2.74 bits per heavy atom. The summed E-state index contributed by atoms with van der Waals surface area (Å²) in [7, 11) is 0. The van der Waals surface area contributed by atoms with Crippen LogP contribution >= 0.6 is 0 Å². The number of aryl methyl sites for hydroxylation is 1. The number of imidazole rings is 1. The van der Waals surface area contributed by atoms with E-state index in [0.29, 0.717) is 42.7 Å². The number of aromatic nitrogens is 4. The van der Waals surface area contributed by atoms with Gasteiger partial charge in [-0.1, -0.05) is 6.07 Å². The Balaban J connectivity index is 1.38. The van der Waals surface area contributed by atoms with Gasteiger partial charge >= 0.3 is 6.03 Å². The topological polar surface area (TPSA) is 102 Å². The first-order valence-electron chi connectivity index (χ1n) is 11.8. The zero-order valence-electron chi connectivity index (χ0n) is 20.4. The molecule has 0 unspecified atom stereocenters. The van der Waals surface area contributed by atoms with E-state index in [9.17, 15) is 4.79 Å². The summed E-state index contributed by atoms with van der Waals surface area (Å²) < 4.78 is 24.0. The first-order valence-corrected chi connectivity index (χ1v) is 10.3. The molecule has 1 saturated heterocycles. The highest BCUT2D eigenvalue weighted by atomic mass is 16.2. The zero-order valence-corrected chi connectivity index (χ0v) is 17.4. The van der Waals surface area contributed by atoms with Crippen molar-refractivity contribution < 1.29 is 8.91 Å². The molecule has 9 heteroatoms. The molecule has 0 radical (unpaired) electrons.